The minimum Gasteiger partial charge on any atom is -0.477 e. The molecule has 3 fully saturated rings. The molecule has 4 rings (SSSR count). The lowest BCUT2D eigenvalue weighted by Gasteiger charge is -2.45. The van der Waals surface area contributed by atoms with E-state index in [1.807, 2.05) is 0 Å². The number of aromatic carboxylic acids is 1. The number of rotatable bonds is 2. The Morgan fingerprint density at radius 1 is 1.29 bits per heavy atom. The molecule has 0 atom stereocenters. The number of nitrogens with zero attached hydrogens (tertiary/aromatic N) is 2. The summed E-state index contributed by atoms with van der Waals surface area (Å²) in [6, 6.07) is 1.47. The molecular weight excluding hydrogens is 216 g/mol. The largest absolute Gasteiger partial charge is 0.477 e. The van der Waals surface area contributed by atoms with Crippen LogP contribution in [0.3, 0.4) is 0 Å². The van der Waals surface area contributed by atoms with Crippen LogP contribution in [0.5, 0.6) is 0 Å². The number of carbonyl (C=O) groups is 1. The Balaban J connectivity index is 1.97. The van der Waals surface area contributed by atoms with E-state index in [-0.39, 0.29) is 11.1 Å². The number of carboxylic acid groups (broad SMARTS) is 1. The lowest BCUT2D eigenvalue weighted by atomic mass is 9.60. The van der Waals surface area contributed by atoms with Crippen LogP contribution in [0.25, 0.3) is 0 Å². The predicted molar refractivity (Wildman–Crippen MR) is 61.9 cm³/mol. The van der Waals surface area contributed by atoms with Gasteiger partial charge >= 0.3 is 5.97 Å². The van der Waals surface area contributed by atoms with Crippen LogP contribution in [0.2, 0.25) is 0 Å². The Kier molecular flexibility index (Phi) is 2.38. The summed E-state index contributed by atoms with van der Waals surface area (Å²) < 4.78 is 0. The summed E-state index contributed by atoms with van der Waals surface area (Å²) in [5.74, 6) is 0.685. The fourth-order valence-corrected chi connectivity index (χ4v) is 3.32. The SMILES string of the molecule is O=C(O)c1ccnc(C23CCC(CC2)CC3)n1. The summed E-state index contributed by atoms with van der Waals surface area (Å²) in [4.78, 5) is 19.5. The van der Waals surface area contributed by atoms with Gasteiger partial charge in [-0.15, -0.1) is 0 Å². The molecule has 0 unspecified atom stereocenters. The van der Waals surface area contributed by atoms with Crippen molar-refractivity contribution < 1.29 is 9.90 Å². The van der Waals surface area contributed by atoms with Crippen molar-refractivity contribution in [2.24, 2.45) is 5.92 Å². The van der Waals surface area contributed by atoms with Gasteiger partial charge in [-0.2, -0.15) is 0 Å². The first-order valence-electron chi connectivity index (χ1n) is 6.26. The van der Waals surface area contributed by atoms with Gasteiger partial charge in [0.1, 0.15) is 5.82 Å². The third-order valence-electron chi connectivity index (χ3n) is 4.44. The molecule has 3 aliphatic rings. The molecule has 0 amide bonds. The van der Waals surface area contributed by atoms with Crippen molar-refractivity contribution in [3.8, 4) is 0 Å². The van der Waals surface area contributed by atoms with Gasteiger partial charge in [0.05, 0.1) is 0 Å². The quantitative estimate of drug-likeness (QED) is 0.850. The van der Waals surface area contributed by atoms with Gasteiger partial charge in [-0.1, -0.05) is 0 Å². The van der Waals surface area contributed by atoms with Gasteiger partial charge < -0.3 is 5.11 Å². The number of hydrogen-bond acceptors (Lipinski definition) is 3. The fraction of sp³-hybridized carbons (Fsp3) is 0.615. The first-order chi connectivity index (χ1) is 8.20. The van der Waals surface area contributed by atoms with E-state index in [1.54, 1.807) is 6.20 Å². The maximum atomic E-state index is 10.9. The van der Waals surface area contributed by atoms with Crippen LogP contribution in [0, 0.1) is 5.92 Å². The van der Waals surface area contributed by atoms with Crippen molar-refractivity contribution >= 4 is 5.97 Å². The van der Waals surface area contributed by atoms with E-state index in [2.05, 4.69) is 9.97 Å². The van der Waals surface area contributed by atoms with Crippen molar-refractivity contribution in [3.05, 3.63) is 23.8 Å². The van der Waals surface area contributed by atoms with Crippen LogP contribution < -0.4 is 0 Å². The maximum absolute atomic E-state index is 10.9. The standard InChI is InChI=1S/C13H16N2O2/c16-11(17)10-4-8-14-12(15-10)13-5-1-9(2-6-13)3-7-13/h4,8-9H,1-3,5-7H2,(H,16,17). The minimum atomic E-state index is -0.963. The molecule has 1 N–H and O–H groups in total. The summed E-state index contributed by atoms with van der Waals surface area (Å²) in [6.07, 6.45) is 8.71. The zero-order chi connectivity index (χ0) is 11.9. The molecule has 0 saturated heterocycles. The van der Waals surface area contributed by atoms with E-state index in [1.165, 1.54) is 25.3 Å². The lowest BCUT2D eigenvalue weighted by Crippen LogP contribution is -2.39. The summed E-state index contributed by atoms with van der Waals surface area (Å²) in [7, 11) is 0. The Morgan fingerprint density at radius 3 is 2.53 bits per heavy atom. The Bertz CT molecular complexity index is 437. The first kappa shape index (κ1) is 10.7. The van der Waals surface area contributed by atoms with E-state index in [0.29, 0.717) is 0 Å². The molecule has 17 heavy (non-hydrogen) atoms. The van der Waals surface area contributed by atoms with Crippen LogP contribution in [-0.4, -0.2) is 21.0 Å². The second-order valence-electron chi connectivity index (χ2n) is 5.33. The summed E-state index contributed by atoms with van der Waals surface area (Å²) in [6.45, 7) is 0. The summed E-state index contributed by atoms with van der Waals surface area (Å²) >= 11 is 0. The molecule has 3 saturated carbocycles. The molecule has 0 aliphatic heterocycles. The predicted octanol–water partition coefficient (Wildman–Crippen LogP) is 2.40. The van der Waals surface area contributed by atoms with Crippen LogP contribution in [0.4, 0.5) is 0 Å². The molecule has 0 radical (unpaired) electrons. The van der Waals surface area contributed by atoms with Gasteiger partial charge in [0.15, 0.2) is 5.69 Å². The fourth-order valence-electron chi connectivity index (χ4n) is 3.32. The molecule has 2 bridgehead atoms. The van der Waals surface area contributed by atoms with E-state index >= 15 is 0 Å². The van der Waals surface area contributed by atoms with Gasteiger partial charge in [0.2, 0.25) is 0 Å². The lowest BCUT2D eigenvalue weighted by molar-refractivity contribution is 0.0687. The van der Waals surface area contributed by atoms with Gasteiger partial charge in [0, 0.05) is 11.6 Å². The van der Waals surface area contributed by atoms with E-state index in [4.69, 9.17) is 5.11 Å². The van der Waals surface area contributed by atoms with E-state index in [9.17, 15) is 4.79 Å². The van der Waals surface area contributed by atoms with E-state index in [0.717, 1.165) is 31.0 Å². The normalized spacial score (nSPS) is 31.4. The van der Waals surface area contributed by atoms with Gasteiger partial charge in [-0.25, -0.2) is 14.8 Å². The van der Waals surface area contributed by atoms with Crippen molar-refractivity contribution in [1.82, 2.24) is 9.97 Å². The molecule has 4 nitrogen and oxygen atoms in total. The highest BCUT2D eigenvalue weighted by molar-refractivity contribution is 5.85. The van der Waals surface area contributed by atoms with Crippen molar-refractivity contribution in [3.63, 3.8) is 0 Å². The molecule has 3 aliphatic carbocycles. The molecule has 0 spiro atoms. The average Bonchev–Trinajstić information content (AvgIpc) is 2.41. The van der Waals surface area contributed by atoms with Crippen LogP contribution in [-0.2, 0) is 5.41 Å². The monoisotopic (exact) mass is 232 g/mol. The van der Waals surface area contributed by atoms with Crippen molar-refractivity contribution in [2.45, 2.75) is 43.9 Å². The Labute approximate surface area is 100 Å². The van der Waals surface area contributed by atoms with Crippen LogP contribution in [0.15, 0.2) is 12.3 Å². The highest BCUT2D eigenvalue weighted by Gasteiger charge is 2.43. The third-order valence-corrected chi connectivity index (χ3v) is 4.44. The molecule has 4 heteroatoms. The number of hydrogen-bond donors (Lipinski definition) is 1. The van der Waals surface area contributed by atoms with Crippen LogP contribution >= 0.6 is 0 Å². The topological polar surface area (TPSA) is 63.1 Å². The van der Waals surface area contributed by atoms with Crippen LogP contribution in [0.1, 0.15) is 54.8 Å². The zero-order valence-corrected chi connectivity index (χ0v) is 9.72. The molecule has 1 aromatic rings. The number of aromatic nitrogens is 2. The summed E-state index contributed by atoms with van der Waals surface area (Å²) in [5.41, 5.74) is 0.192. The first-order valence-corrected chi connectivity index (χ1v) is 6.26. The molecule has 1 heterocycles. The third kappa shape index (κ3) is 1.72. The van der Waals surface area contributed by atoms with Gasteiger partial charge in [-0.3, -0.25) is 0 Å². The van der Waals surface area contributed by atoms with Gasteiger partial charge in [-0.05, 0) is 50.5 Å². The second kappa shape index (κ2) is 3.79. The Morgan fingerprint density at radius 2 is 1.94 bits per heavy atom. The highest BCUT2D eigenvalue weighted by Crippen LogP contribution is 2.50. The number of carboxylic acids is 1. The molecule has 90 valence electrons. The second-order valence-corrected chi connectivity index (χ2v) is 5.33. The zero-order valence-electron chi connectivity index (χ0n) is 9.72. The van der Waals surface area contributed by atoms with Crippen molar-refractivity contribution in [1.29, 1.82) is 0 Å². The van der Waals surface area contributed by atoms with E-state index < -0.39 is 5.97 Å². The smallest absolute Gasteiger partial charge is 0.354 e. The summed E-state index contributed by atoms with van der Waals surface area (Å²) in [5, 5.41) is 8.98. The van der Waals surface area contributed by atoms with Crippen molar-refractivity contribution in [2.75, 3.05) is 0 Å². The minimum absolute atomic E-state index is 0.0697. The van der Waals surface area contributed by atoms with Gasteiger partial charge in [0.25, 0.3) is 0 Å². The maximum Gasteiger partial charge on any atom is 0.354 e. The molecule has 0 aromatic carbocycles. The molecule has 1 aromatic heterocycles. The molecular formula is C13H16N2O2. The highest BCUT2D eigenvalue weighted by atomic mass is 16.4. The average molecular weight is 232 g/mol. The number of fused-ring (bicyclic) bond motifs is 3. The Hall–Kier alpha value is -1.45.